The third-order valence-corrected chi connectivity index (χ3v) is 2.41. The molecule has 13 heavy (non-hydrogen) atoms. The highest BCUT2D eigenvalue weighted by Crippen LogP contribution is 2.18. The molecule has 1 unspecified atom stereocenters. The van der Waals surface area contributed by atoms with Crippen molar-refractivity contribution in [2.24, 2.45) is 11.7 Å². The molecular formula is C10H16N2O. The van der Waals surface area contributed by atoms with E-state index in [9.17, 15) is 4.79 Å². The molecule has 1 rings (SSSR count). The summed E-state index contributed by atoms with van der Waals surface area (Å²) in [7, 11) is 0. The zero-order valence-corrected chi connectivity index (χ0v) is 7.83. The standard InChI is InChI=1S/C10H16N2O/c1-2-5-12-6-3-4-9(8-12)7-10(11)13/h1,9H,3-8H2,(H2,11,13). The summed E-state index contributed by atoms with van der Waals surface area (Å²) in [6.07, 6.45) is 7.95. The molecule has 1 aliphatic heterocycles. The predicted octanol–water partition coefficient (Wildman–Crippen LogP) is 0.207. The Kier molecular flexibility index (Phi) is 3.78. The second-order valence-corrected chi connectivity index (χ2v) is 3.62. The summed E-state index contributed by atoms with van der Waals surface area (Å²) in [5, 5.41) is 0. The van der Waals surface area contributed by atoms with Crippen molar-refractivity contribution in [3.05, 3.63) is 0 Å². The molecule has 72 valence electrons. The molecule has 0 aliphatic carbocycles. The number of piperidine rings is 1. The fourth-order valence-corrected chi connectivity index (χ4v) is 1.88. The van der Waals surface area contributed by atoms with Crippen molar-refractivity contribution in [1.29, 1.82) is 0 Å². The predicted molar refractivity (Wildman–Crippen MR) is 51.8 cm³/mol. The van der Waals surface area contributed by atoms with Crippen LogP contribution in [0, 0.1) is 18.3 Å². The topological polar surface area (TPSA) is 46.3 Å². The molecule has 0 saturated carbocycles. The Morgan fingerprint density at radius 2 is 2.46 bits per heavy atom. The quantitative estimate of drug-likeness (QED) is 0.631. The van der Waals surface area contributed by atoms with Crippen LogP contribution in [0.2, 0.25) is 0 Å². The maximum Gasteiger partial charge on any atom is 0.217 e. The summed E-state index contributed by atoms with van der Waals surface area (Å²) < 4.78 is 0. The number of likely N-dealkylation sites (tertiary alicyclic amines) is 1. The van der Waals surface area contributed by atoms with Crippen LogP contribution >= 0.6 is 0 Å². The van der Waals surface area contributed by atoms with Crippen LogP contribution in [0.4, 0.5) is 0 Å². The van der Waals surface area contributed by atoms with E-state index in [-0.39, 0.29) is 5.91 Å². The Balaban J connectivity index is 2.33. The summed E-state index contributed by atoms with van der Waals surface area (Å²) in [5.74, 6) is 2.84. The summed E-state index contributed by atoms with van der Waals surface area (Å²) >= 11 is 0. The van der Waals surface area contributed by atoms with E-state index in [4.69, 9.17) is 12.2 Å². The molecule has 1 heterocycles. The smallest absolute Gasteiger partial charge is 0.217 e. The van der Waals surface area contributed by atoms with Gasteiger partial charge in [0.2, 0.25) is 5.91 Å². The summed E-state index contributed by atoms with van der Waals surface area (Å²) in [5.41, 5.74) is 5.14. The Morgan fingerprint density at radius 1 is 1.69 bits per heavy atom. The molecule has 1 atom stereocenters. The van der Waals surface area contributed by atoms with E-state index < -0.39 is 0 Å². The lowest BCUT2D eigenvalue weighted by Gasteiger charge is -2.30. The minimum Gasteiger partial charge on any atom is -0.370 e. The summed E-state index contributed by atoms with van der Waals surface area (Å²) in [6.45, 7) is 2.67. The van der Waals surface area contributed by atoms with Crippen LogP contribution in [-0.4, -0.2) is 30.4 Å². The first-order valence-corrected chi connectivity index (χ1v) is 4.66. The molecule has 0 bridgehead atoms. The maximum absolute atomic E-state index is 10.7. The maximum atomic E-state index is 10.7. The number of hydrogen-bond acceptors (Lipinski definition) is 2. The molecular weight excluding hydrogens is 164 g/mol. The first kappa shape index (κ1) is 10.1. The average Bonchev–Trinajstić information content (AvgIpc) is 2.04. The molecule has 0 aromatic carbocycles. The van der Waals surface area contributed by atoms with E-state index in [1.807, 2.05) is 0 Å². The van der Waals surface area contributed by atoms with Crippen molar-refractivity contribution in [3.63, 3.8) is 0 Å². The van der Waals surface area contributed by atoms with Crippen molar-refractivity contribution in [3.8, 4) is 12.3 Å². The molecule has 1 amide bonds. The fraction of sp³-hybridized carbons (Fsp3) is 0.700. The third-order valence-electron chi connectivity index (χ3n) is 2.41. The number of carbonyl (C=O) groups is 1. The van der Waals surface area contributed by atoms with Gasteiger partial charge in [0.1, 0.15) is 0 Å². The van der Waals surface area contributed by atoms with Gasteiger partial charge in [0.15, 0.2) is 0 Å². The normalized spacial score (nSPS) is 23.8. The van der Waals surface area contributed by atoms with E-state index in [0.29, 0.717) is 18.9 Å². The van der Waals surface area contributed by atoms with E-state index in [0.717, 1.165) is 25.9 Å². The SMILES string of the molecule is C#CCN1CCCC(CC(N)=O)C1. The Bertz CT molecular complexity index is 219. The van der Waals surface area contributed by atoms with Crippen LogP contribution < -0.4 is 5.73 Å². The molecule has 1 fully saturated rings. The molecule has 3 nitrogen and oxygen atoms in total. The number of nitrogens with two attached hydrogens (primary N) is 1. The van der Waals surface area contributed by atoms with Crippen LogP contribution in [0.1, 0.15) is 19.3 Å². The van der Waals surface area contributed by atoms with E-state index >= 15 is 0 Å². The number of terminal acetylenes is 1. The largest absolute Gasteiger partial charge is 0.370 e. The van der Waals surface area contributed by atoms with E-state index in [1.165, 1.54) is 0 Å². The van der Waals surface area contributed by atoms with Gasteiger partial charge in [-0.2, -0.15) is 0 Å². The first-order valence-electron chi connectivity index (χ1n) is 4.66. The highest BCUT2D eigenvalue weighted by molar-refractivity contribution is 5.74. The van der Waals surface area contributed by atoms with Crippen LogP contribution in [-0.2, 0) is 4.79 Å². The molecule has 3 heteroatoms. The van der Waals surface area contributed by atoms with Crippen LogP contribution in [0.15, 0.2) is 0 Å². The summed E-state index contributed by atoms with van der Waals surface area (Å²) in [4.78, 5) is 12.9. The molecule has 2 N–H and O–H groups in total. The van der Waals surface area contributed by atoms with Gasteiger partial charge in [0.25, 0.3) is 0 Å². The molecule has 0 aromatic rings. The number of carbonyl (C=O) groups excluding carboxylic acids is 1. The van der Waals surface area contributed by atoms with Gasteiger partial charge in [-0.05, 0) is 25.3 Å². The average molecular weight is 180 g/mol. The van der Waals surface area contributed by atoms with Gasteiger partial charge in [-0.25, -0.2) is 0 Å². The van der Waals surface area contributed by atoms with E-state index in [1.54, 1.807) is 0 Å². The number of hydrogen-bond donors (Lipinski definition) is 1. The van der Waals surface area contributed by atoms with Crippen LogP contribution in [0.3, 0.4) is 0 Å². The molecule has 1 aliphatic rings. The lowest BCUT2D eigenvalue weighted by Crippen LogP contribution is -2.37. The van der Waals surface area contributed by atoms with Gasteiger partial charge in [-0.1, -0.05) is 5.92 Å². The van der Waals surface area contributed by atoms with Crippen molar-refractivity contribution >= 4 is 5.91 Å². The van der Waals surface area contributed by atoms with Crippen LogP contribution in [0.5, 0.6) is 0 Å². The Labute approximate surface area is 79.3 Å². The highest BCUT2D eigenvalue weighted by atomic mass is 16.1. The van der Waals surface area contributed by atoms with Crippen molar-refractivity contribution in [2.45, 2.75) is 19.3 Å². The van der Waals surface area contributed by atoms with Gasteiger partial charge < -0.3 is 5.73 Å². The zero-order chi connectivity index (χ0) is 9.68. The molecule has 0 spiro atoms. The minimum absolute atomic E-state index is 0.201. The highest BCUT2D eigenvalue weighted by Gasteiger charge is 2.20. The van der Waals surface area contributed by atoms with Crippen LogP contribution in [0.25, 0.3) is 0 Å². The lowest BCUT2D eigenvalue weighted by molar-refractivity contribution is -0.119. The van der Waals surface area contributed by atoms with Gasteiger partial charge in [-0.3, -0.25) is 9.69 Å². The van der Waals surface area contributed by atoms with E-state index in [2.05, 4.69) is 10.8 Å². The molecule has 1 saturated heterocycles. The zero-order valence-electron chi connectivity index (χ0n) is 7.83. The van der Waals surface area contributed by atoms with Gasteiger partial charge in [-0.15, -0.1) is 6.42 Å². The number of amides is 1. The Morgan fingerprint density at radius 3 is 3.08 bits per heavy atom. The lowest BCUT2D eigenvalue weighted by atomic mass is 9.94. The molecule has 0 radical (unpaired) electrons. The van der Waals surface area contributed by atoms with Crippen molar-refractivity contribution in [2.75, 3.05) is 19.6 Å². The fourth-order valence-electron chi connectivity index (χ4n) is 1.88. The number of nitrogens with zero attached hydrogens (tertiary/aromatic N) is 1. The van der Waals surface area contributed by atoms with Crippen molar-refractivity contribution in [1.82, 2.24) is 4.90 Å². The van der Waals surface area contributed by atoms with Crippen molar-refractivity contribution < 1.29 is 4.79 Å². The van der Waals surface area contributed by atoms with Gasteiger partial charge >= 0.3 is 0 Å². The third kappa shape index (κ3) is 3.47. The monoisotopic (exact) mass is 180 g/mol. The Hall–Kier alpha value is -1.01. The van der Waals surface area contributed by atoms with Gasteiger partial charge in [0, 0.05) is 13.0 Å². The summed E-state index contributed by atoms with van der Waals surface area (Å²) in [6, 6.07) is 0. The second-order valence-electron chi connectivity index (χ2n) is 3.62. The first-order chi connectivity index (χ1) is 6.22. The minimum atomic E-state index is -0.201. The molecule has 0 aromatic heterocycles. The van der Waals surface area contributed by atoms with Gasteiger partial charge in [0.05, 0.1) is 6.54 Å². The number of rotatable bonds is 3. The number of primary amides is 1. The second kappa shape index (κ2) is 4.88.